The van der Waals surface area contributed by atoms with Crippen molar-refractivity contribution in [2.75, 3.05) is 0 Å². The van der Waals surface area contributed by atoms with Crippen LogP contribution < -0.4 is 0 Å². The average molecular weight is 208 g/mol. The van der Waals surface area contributed by atoms with E-state index < -0.39 is 0 Å². The number of benzene rings is 1. The minimum Gasteiger partial charge on any atom is -0.508 e. The molecule has 1 atom stereocenters. The first-order chi connectivity index (χ1) is 7.22. The first kappa shape index (κ1) is 12.1. The number of phenols is 1. The maximum absolute atomic E-state index is 9.74. The lowest BCUT2D eigenvalue weighted by Crippen LogP contribution is -2.09. The molecule has 0 aliphatic rings. The number of hydrogen-bond acceptors (Lipinski definition) is 2. The minimum absolute atomic E-state index is 0.249. The molecule has 15 heavy (non-hydrogen) atoms. The Bertz CT molecular complexity index is 266. The van der Waals surface area contributed by atoms with Crippen LogP contribution in [0.4, 0.5) is 0 Å². The normalized spacial score (nSPS) is 12.7. The molecule has 1 unspecified atom stereocenters. The van der Waals surface area contributed by atoms with Gasteiger partial charge in [0.05, 0.1) is 6.10 Å². The van der Waals surface area contributed by atoms with Gasteiger partial charge in [0.25, 0.3) is 0 Å². The molecule has 2 nitrogen and oxygen atoms in total. The third-order valence-electron chi connectivity index (χ3n) is 2.55. The van der Waals surface area contributed by atoms with Gasteiger partial charge in [-0.15, -0.1) is 0 Å². The maximum atomic E-state index is 9.74. The summed E-state index contributed by atoms with van der Waals surface area (Å²) in [6, 6.07) is 7.04. The number of aromatic hydroxyl groups is 1. The van der Waals surface area contributed by atoms with E-state index in [1.165, 1.54) is 12.8 Å². The first-order valence-electron chi connectivity index (χ1n) is 5.68. The number of aliphatic hydroxyl groups excluding tert-OH is 1. The van der Waals surface area contributed by atoms with Gasteiger partial charge < -0.3 is 10.2 Å². The van der Waals surface area contributed by atoms with E-state index in [1.54, 1.807) is 12.1 Å². The van der Waals surface area contributed by atoms with Crippen molar-refractivity contribution >= 4 is 0 Å². The predicted molar refractivity (Wildman–Crippen MR) is 62.0 cm³/mol. The lowest BCUT2D eigenvalue weighted by molar-refractivity contribution is 0.161. The summed E-state index contributed by atoms with van der Waals surface area (Å²) in [4.78, 5) is 0. The molecule has 0 radical (unpaired) electrons. The molecule has 0 saturated heterocycles. The van der Waals surface area contributed by atoms with Crippen molar-refractivity contribution in [3.8, 4) is 5.75 Å². The van der Waals surface area contributed by atoms with Gasteiger partial charge in [0, 0.05) is 0 Å². The molecule has 0 amide bonds. The second kappa shape index (κ2) is 6.46. The van der Waals surface area contributed by atoms with Crippen LogP contribution in [-0.2, 0) is 6.42 Å². The summed E-state index contributed by atoms with van der Waals surface area (Å²) in [6.45, 7) is 2.16. The Labute approximate surface area is 91.6 Å². The van der Waals surface area contributed by atoms with Gasteiger partial charge in [-0.25, -0.2) is 0 Å². The maximum Gasteiger partial charge on any atom is 0.115 e. The Morgan fingerprint density at radius 1 is 1.13 bits per heavy atom. The Kier molecular flexibility index (Phi) is 5.19. The summed E-state index contributed by atoms with van der Waals surface area (Å²) in [5.74, 6) is 0.277. The van der Waals surface area contributed by atoms with Gasteiger partial charge in [-0.3, -0.25) is 0 Å². The van der Waals surface area contributed by atoms with E-state index in [1.807, 2.05) is 12.1 Å². The van der Waals surface area contributed by atoms with Crippen LogP contribution in [0.3, 0.4) is 0 Å². The summed E-state index contributed by atoms with van der Waals surface area (Å²) >= 11 is 0. The Morgan fingerprint density at radius 3 is 2.40 bits per heavy atom. The topological polar surface area (TPSA) is 40.5 Å². The van der Waals surface area contributed by atoms with Gasteiger partial charge >= 0.3 is 0 Å². The molecule has 1 rings (SSSR count). The van der Waals surface area contributed by atoms with Gasteiger partial charge in [0.2, 0.25) is 0 Å². The zero-order valence-electron chi connectivity index (χ0n) is 9.32. The van der Waals surface area contributed by atoms with Crippen molar-refractivity contribution in [2.24, 2.45) is 0 Å². The Balaban J connectivity index is 2.31. The molecule has 0 fully saturated rings. The quantitative estimate of drug-likeness (QED) is 0.706. The zero-order valence-corrected chi connectivity index (χ0v) is 9.32. The lowest BCUT2D eigenvalue weighted by Gasteiger charge is -2.10. The summed E-state index contributed by atoms with van der Waals surface area (Å²) in [5.41, 5.74) is 1.08. The molecule has 0 aliphatic heterocycles. The number of phenolic OH excluding ortho intramolecular Hbond substituents is 1. The Hall–Kier alpha value is -1.02. The molecule has 0 spiro atoms. The molecule has 0 saturated carbocycles. The number of aliphatic hydroxyl groups is 1. The highest BCUT2D eigenvalue weighted by Gasteiger charge is 2.04. The van der Waals surface area contributed by atoms with Crippen LogP contribution in [0.25, 0.3) is 0 Å². The van der Waals surface area contributed by atoms with Crippen molar-refractivity contribution in [1.29, 1.82) is 0 Å². The fourth-order valence-electron chi connectivity index (χ4n) is 1.64. The van der Waals surface area contributed by atoms with Crippen molar-refractivity contribution in [3.63, 3.8) is 0 Å². The highest BCUT2D eigenvalue weighted by atomic mass is 16.3. The first-order valence-corrected chi connectivity index (χ1v) is 5.68. The van der Waals surface area contributed by atoms with Crippen LogP contribution in [0, 0.1) is 0 Å². The standard InChI is InChI=1S/C13H20O2/c1-2-3-4-5-13(15)10-11-6-8-12(14)9-7-11/h6-9,13-15H,2-5,10H2,1H3. The molecule has 0 aromatic heterocycles. The molecule has 84 valence electrons. The van der Waals surface area contributed by atoms with Crippen LogP contribution in [-0.4, -0.2) is 16.3 Å². The number of rotatable bonds is 6. The van der Waals surface area contributed by atoms with Crippen LogP contribution in [0.1, 0.15) is 38.2 Å². The van der Waals surface area contributed by atoms with Gasteiger partial charge in [0.1, 0.15) is 5.75 Å². The third-order valence-corrected chi connectivity index (χ3v) is 2.55. The molecular weight excluding hydrogens is 188 g/mol. The molecule has 0 bridgehead atoms. The van der Waals surface area contributed by atoms with Crippen LogP contribution in [0.15, 0.2) is 24.3 Å². The van der Waals surface area contributed by atoms with Crippen molar-refractivity contribution in [3.05, 3.63) is 29.8 Å². The van der Waals surface area contributed by atoms with Crippen molar-refractivity contribution in [2.45, 2.75) is 45.1 Å². The molecule has 2 heteroatoms. The zero-order chi connectivity index (χ0) is 11.1. The van der Waals surface area contributed by atoms with Crippen molar-refractivity contribution in [1.82, 2.24) is 0 Å². The third kappa shape index (κ3) is 4.84. The van der Waals surface area contributed by atoms with Crippen LogP contribution in [0.5, 0.6) is 5.75 Å². The lowest BCUT2D eigenvalue weighted by atomic mass is 10.0. The SMILES string of the molecule is CCCCCC(O)Cc1ccc(O)cc1. The molecule has 2 N–H and O–H groups in total. The monoisotopic (exact) mass is 208 g/mol. The van der Waals surface area contributed by atoms with Gasteiger partial charge in [0.15, 0.2) is 0 Å². The van der Waals surface area contributed by atoms with Gasteiger partial charge in [-0.2, -0.15) is 0 Å². The second-order valence-electron chi connectivity index (χ2n) is 4.02. The summed E-state index contributed by atoms with van der Waals surface area (Å²) in [5, 5.41) is 18.8. The van der Waals surface area contributed by atoms with E-state index >= 15 is 0 Å². The molecule has 1 aromatic carbocycles. The summed E-state index contributed by atoms with van der Waals surface area (Å²) < 4.78 is 0. The largest absolute Gasteiger partial charge is 0.508 e. The number of hydrogen-bond donors (Lipinski definition) is 2. The van der Waals surface area contributed by atoms with E-state index in [2.05, 4.69) is 6.92 Å². The van der Waals surface area contributed by atoms with E-state index in [4.69, 9.17) is 5.11 Å². The average Bonchev–Trinajstić information content (AvgIpc) is 2.22. The fraction of sp³-hybridized carbons (Fsp3) is 0.538. The van der Waals surface area contributed by atoms with Crippen LogP contribution in [0.2, 0.25) is 0 Å². The van der Waals surface area contributed by atoms with E-state index in [0.29, 0.717) is 6.42 Å². The molecular formula is C13H20O2. The smallest absolute Gasteiger partial charge is 0.115 e. The molecule has 1 aromatic rings. The highest BCUT2D eigenvalue weighted by molar-refractivity contribution is 5.26. The van der Waals surface area contributed by atoms with Gasteiger partial charge in [-0.1, -0.05) is 38.3 Å². The van der Waals surface area contributed by atoms with Crippen LogP contribution >= 0.6 is 0 Å². The Morgan fingerprint density at radius 2 is 1.80 bits per heavy atom. The fourth-order valence-corrected chi connectivity index (χ4v) is 1.64. The van der Waals surface area contributed by atoms with E-state index in [0.717, 1.165) is 18.4 Å². The summed E-state index contributed by atoms with van der Waals surface area (Å²) in [7, 11) is 0. The van der Waals surface area contributed by atoms with Gasteiger partial charge in [-0.05, 0) is 30.5 Å². The highest BCUT2D eigenvalue weighted by Crippen LogP contribution is 2.13. The molecule has 0 aliphatic carbocycles. The second-order valence-corrected chi connectivity index (χ2v) is 4.02. The van der Waals surface area contributed by atoms with E-state index in [-0.39, 0.29) is 11.9 Å². The van der Waals surface area contributed by atoms with E-state index in [9.17, 15) is 5.11 Å². The predicted octanol–water partition coefficient (Wildman–Crippen LogP) is 2.88. The number of unbranched alkanes of at least 4 members (excludes halogenated alkanes) is 2. The molecule has 0 heterocycles. The summed E-state index contributed by atoms with van der Waals surface area (Å²) in [6.07, 6.45) is 4.77. The van der Waals surface area contributed by atoms with Crippen molar-refractivity contribution < 1.29 is 10.2 Å². The minimum atomic E-state index is -0.249.